The molecule has 6 heterocycles. The van der Waals surface area contributed by atoms with Gasteiger partial charge in [-0.3, -0.25) is 0 Å². The molecule has 6 saturated heterocycles. The zero-order valence-corrected chi connectivity index (χ0v) is 24.9. The molecule has 8 bridgehead atoms. The van der Waals surface area contributed by atoms with E-state index in [1.54, 1.807) is 52.4 Å². The molecule has 0 aromatic heterocycles. The quantitative estimate of drug-likeness (QED) is 0.405. The van der Waals surface area contributed by atoms with Crippen LogP contribution >= 0.6 is 0 Å². The molecule has 0 N–H and O–H groups in total. The van der Waals surface area contributed by atoms with Crippen LogP contribution in [0.15, 0.2) is 0 Å². The Hall–Kier alpha value is 1.26. The maximum atomic E-state index is 6.39. The standard InChI is InChI=1S/C8H24O12Si8.CH4/c1-21-9-22(2)12-25(5)14-23(3,10-21)16-27(7)17-24(4,11-21)15-26(6,13-22)19-28(8,18-25)20-27;/h1-8H3;1H4. The first kappa shape index (κ1) is 23.4. The lowest BCUT2D eigenvalue weighted by molar-refractivity contribution is -0.0174. The predicted molar refractivity (Wildman–Crippen MR) is 113 cm³/mol. The van der Waals surface area contributed by atoms with Crippen LogP contribution in [0.4, 0.5) is 0 Å². The van der Waals surface area contributed by atoms with Gasteiger partial charge in [0.05, 0.1) is 0 Å². The van der Waals surface area contributed by atoms with Crippen LogP contribution in [-0.4, -0.2) is 70.4 Å². The lowest BCUT2D eigenvalue weighted by Gasteiger charge is -2.60. The van der Waals surface area contributed by atoms with Gasteiger partial charge in [-0.1, -0.05) is 7.43 Å². The number of hydrogen-bond donors (Lipinski definition) is 0. The van der Waals surface area contributed by atoms with E-state index in [0.29, 0.717) is 0 Å². The van der Waals surface area contributed by atoms with Crippen molar-refractivity contribution in [3.8, 4) is 0 Å². The molecule has 0 aromatic rings. The van der Waals surface area contributed by atoms with Crippen molar-refractivity contribution in [1.29, 1.82) is 0 Å². The molecule has 0 aliphatic carbocycles. The zero-order valence-electron chi connectivity index (χ0n) is 16.9. The van der Waals surface area contributed by atoms with E-state index in [9.17, 15) is 0 Å². The van der Waals surface area contributed by atoms with Gasteiger partial charge < -0.3 is 49.4 Å². The van der Waals surface area contributed by atoms with Crippen molar-refractivity contribution in [2.75, 3.05) is 0 Å². The fourth-order valence-corrected chi connectivity index (χ4v) is 49.9. The van der Waals surface area contributed by atoms with Crippen molar-refractivity contribution in [1.82, 2.24) is 0 Å². The molecule has 0 aromatic carbocycles. The van der Waals surface area contributed by atoms with Crippen LogP contribution in [-0.2, 0) is 49.4 Å². The molecule has 0 amide bonds. The second kappa shape index (κ2) is 6.22. The third kappa shape index (κ3) is 4.05. The van der Waals surface area contributed by atoms with Crippen LogP contribution in [0.2, 0.25) is 52.4 Å². The van der Waals surface area contributed by atoms with Crippen molar-refractivity contribution in [2.24, 2.45) is 0 Å². The monoisotopic (exact) mass is 552 g/mol. The molecule has 6 fully saturated rings. The van der Waals surface area contributed by atoms with Crippen LogP contribution < -0.4 is 0 Å². The van der Waals surface area contributed by atoms with Gasteiger partial charge in [-0.05, 0) is 0 Å². The van der Waals surface area contributed by atoms with Crippen LogP contribution in [0.25, 0.3) is 0 Å². The molecule has 6 aliphatic heterocycles. The minimum Gasteiger partial charge on any atom is -0.374 e. The molecule has 0 atom stereocenters. The third-order valence-electron chi connectivity index (χ3n) is 4.45. The summed E-state index contributed by atoms with van der Waals surface area (Å²) in [7, 11) is -27.2. The van der Waals surface area contributed by atoms with Gasteiger partial charge in [0, 0.05) is 52.4 Å². The summed E-state index contributed by atoms with van der Waals surface area (Å²) in [6, 6.07) is 0. The number of hydrogen-bond acceptors (Lipinski definition) is 12. The largest absolute Gasteiger partial charge is 0.475 e. The molecule has 168 valence electrons. The topological polar surface area (TPSA) is 111 Å². The smallest absolute Gasteiger partial charge is 0.374 e. The van der Waals surface area contributed by atoms with Crippen molar-refractivity contribution < 1.29 is 49.4 Å². The average molecular weight is 553 g/mol. The average Bonchev–Trinajstić information content (AvgIpc) is 2.22. The summed E-state index contributed by atoms with van der Waals surface area (Å²) >= 11 is 0. The molecular weight excluding hydrogens is 525 g/mol. The van der Waals surface area contributed by atoms with Crippen molar-refractivity contribution >= 4 is 70.4 Å². The highest BCUT2D eigenvalue weighted by atomic mass is 28.6. The summed E-state index contributed by atoms with van der Waals surface area (Å²) in [5, 5.41) is 0. The van der Waals surface area contributed by atoms with Gasteiger partial charge in [0.15, 0.2) is 0 Å². The van der Waals surface area contributed by atoms with Gasteiger partial charge in [-0.25, -0.2) is 0 Å². The summed E-state index contributed by atoms with van der Waals surface area (Å²) in [4.78, 5) is 0. The minimum atomic E-state index is -3.40. The lowest BCUT2D eigenvalue weighted by Crippen LogP contribution is -2.86. The minimum absolute atomic E-state index is 0. The molecule has 6 rings (SSSR count). The molecule has 0 radical (unpaired) electrons. The highest BCUT2D eigenvalue weighted by molar-refractivity contribution is 7.02. The maximum Gasteiger partial charge on any atom is 0.475 e. The van der Waals surface area contributed by atoms with Crippen LogP contribution in [0.3, 0.4) is 0 Å². The molecule has 0 unspecified atom stereocenters. The maximum absolute atomic E-state index is 6.39. The molecule has 0 spiro atoms. The molecule has 6 aliphatic rings. The van der Waals surface area contributed by atoms with Gasteiger partial charge in [0.2, 0.25) is 0 Å². The SMILES string of the molecule is C.C[Si]12O[Si]3(C)O[Si]4(C)O[Si](C)(O1)O[Si]1(C)O[Si](C)(O2)O[Si](C)(O3)O[Si](C)(O4)O1. The Kier molecular flexibility index (Phi) is 5.03. The Balaban J connectivity index is 0.00000205. The summed E-state index contributed by atoms with van der Waals surface area (Å²) in [5.41, 5.74) is 0. The van der Waals surface area contributed by atoms with Gasteiger partial charge in [0.1, 0.15) is 0 Å². The molecular formula is C9H28O12Si8. The lowest BCUT2D eigenvalue weighted by atomic mass is 11.9. The first-order valence-electron chi connectivity index (χ1n) is 8.90. The van der Waals surface area contributed by atoms with E-state index < -0.39 is 70.4 Å². The van der Waals surface area contributed by atoms with Crippen molar-refractivity contribution in [3.63, 3.8) is 0 Å². The Bertz CT molecular complexity index is 491. The number of rotatable bonds is 0. The first-order valence-corrected chi connectivity index (χ1v) is 26.7. The predicted octanol–water partition coefficient (Wildman–Crippen LogP) is 1.44. The van der Waals surface area contributed by atoms with E-state index in [4.69, 9.17) is 49.4 Å². The van der Waals surface area contributed by atoms with E-state index in [1.807, 2.05) is 0 Å². The van der Waals surface area contributed by atoms with Crippen LogP contribution in [0, 0.1) is 0 Å². The molecule has 0 saturated carbocycles. The summed E-state index contributed by atoms with van der Waals surface area (Å²) < 4.78 is 76.7. The Morgan fingerprint density at radius 2 is 0.310 bits per heavy atom. The van der Waals surface area contributed by atoms with E-state index in [2.05, 4.69) is 0 Å². The Morgan fingerprint density at radius 1 is 0.241 bits per heavy atom. The zero-order chi connectivity index (χ0) is 20.5. The van der Waals surface area contributed by atoms with Crippen molar-refractivity contribution in [2.45, 2.75) is 59.8 Å². The second-order valence-electron chi connectivity index (χ2n) is 8.12. The van der Waals surface area contributed by atoms with Gasteiger partial charge in [0.25, 0.3) is 0 Å². The highest BCUT2D eigenvalue weighted by Crippen LogP contribution is 2.47. The fourth-order valence-electron chi connectivity index (χ4n) is 4.54. The normalized spacial score (nSPS) is 63.7. The van der Waals surface area contributed by atoms with Crippen LogP contribution in [0.5, 0.6) is 0 Å². The Morgan fingerprint density at radius 3 is 0.379 bits per heavy atom. The van der Waals surface area contributed by atoms with Gasteiger partial charge in [-0.2, -0.15) is 0 Å². The summed E-state index contributed by atoms with van der Waals surface area (Å²) in [5.74, 6) is 0. The highest BCUT2D eigenvalue weighted by Gasteiger charge is 2.78. The Labute approximate surface area is 179 Å². The molecule has 29 heavy (non-hydrogen) atoms. The summed E-state index contributed by atoms with van der Waals surface area (Å²) in [6.45, 7) is 14.0. The summed E-state index contributed by atoms with van der Waals surface area (Å²) in [6.07, 6.45) is 0. The van der Waals surface area contributed by atoms with Crippen molar-refractivity contribution in [3.05, 3.63) is 0 Å². The fraction of sp³-hybridized carbons (Fsp3) is 1.00. The van der Waals surface area contributed by atoms with E-state index in [1.165, 1.54) is 0 Å². The van der Waals surface area contributed by atoms with E-state index in [0.717, 1.165) is 0 Å². The third-order valence-corrected chi connectivity index (χ3v) is 40.0. The van der Waals surface area contributed by atoms with Gasteiger partial charge in [-0.15, -0.1) is 0 Å². The molecule has 20 heteroatoms. The van der Waals surface area contributed by atoms with E-state index in [-0.39, 0.29) is 7.43 Å². The second-order valence-corrected chi connectivity index (χ2v) is 31.7. The molecule has 12 nitrogen and oxygen atoms in total. The first-order chi connectivity index (χ1) is 12.5. The van der Waals surface area contributed by atoms with Crippen LogP contribution in [0.1, 0.15) is 7.43 Å². The van der Waals surface area contributed by atoms with Gasteiger partial charge >= 0.3 is 70.4 Å². The van der Waals surface area contributed by atoms with E-state index >= 15 is 0 Å².